The van der Waals surface area contributed by atoms with Crippen molar-refractivity contribution in [3.8, 4) is 0 Å². The lowest BCUT2D eigenvalue weighted by Gasteiger charge is -2.36. The molecule has 0 aromatic carbocycles. The number of carboxylic acids is 1. The van der Waals surface area contributed by atoms with Crippen LogP contribution in [0.15, 0.2) is 5.10 Å². The summed E-state index contributed by atoms with van der Waals surface area (Å²) in [6, 6.07) is 0.457. The van der Waals surface area contributed by atoms with Crippen molar-refractivity contribution in [1.29, 1.82) is 0 Å². The molecule has 84 valence electrons. The third-order valence-corrected chi connectivity index (χ3v) is 3.63. The fourth-order valence-corrected chi connectivity index (χ4v) is 2.94. The first-order valence-corrected chi connectivity index (χ1v) is 5.67. The van der Waals surface area contributed by atoms with Gasteiger partial charge in [-0.2, -0.15) is 5.10 Å². The number of rotatable bonds is 3. The molecule has 1 fully saturated rings. The van der Waals surface area contributed by atoms with Gasteiger partial charge in [0.05, 0.1) is 6.04 Å². The highest BCUT2D eigenvalue weighted by Gasteiger charge is 2.37. The van der Waals surface area contributed by atoms with Gasteiger partial charge in [-0.15, -0.1) is 0 Å². The summed E-state index contributed by atoms with van der Waals surface area (Å²) in [5.41, 5.74) is 0. The molecule has 4 nitrogen and oxygen atoms in total. The normalized spacial score (nSPS) is 34.2. The molecule has 2 aliphatic rings. The Balaban J connectivity index is 1.96. The van der Waals surface area contributed by atoms with Crippen molar-refractivity contribution in [2.75, 3.05) is 7.05 Å². The quantitative estimate of drug-likeness (QED) is 0.769. The molecule has 1 N–H and O–H groups in total. The summed E-state index contributed by atoms with van der Waals surface area (Å²) < 4.78 is 0. The minimum Gasteiger partial charge on any atom is -0.481 e. The largest absolute Gasteiger partial charge is 0.481 e. The molecule has 15 heavy (non-hydrogen) atoms. The van der Waals surface area contributed by atoms with Crippen LogP contribution in [0.25, 0.3) is 0 Å². The summed E-state index contributed by atoms with van der Waals surface area (Å²) >= 11 is 0. The lowest BCUT2D eigenvalue weighted by Crippen LogP contribution is -2.40. The fraction of sp³-hybridized carbons (Fsp3) is 0.818. The lowest BCUT2D eigenvalue weighted by atomic mass is 9.76. The molecular formula is C11H18N2O2. The predicted molar refractivity (Wildman–Crippen MR) is 57.7 cm³/mol. The Kier molecular flexibility index (Phi) is 2.93. The summed E-state index contributed by atoms with van der Waals surface area (Å²) in [6.45, 7) is 0. The molecule has 0 saturated heterocycles. The number of aliphatic carboxylic acids is 1. The van der Waals surface area contributed by atoms with E-state index in [1.54, 1.807) is 0 Å². The molecule has 0 aromatic heterocycles. The Morgan fingerprint density at radius 3 is 3.13 bits per heavy atom. The van der Waals surface area contributed by atoms with Gasteiger partial charge in [0.2, 0.25) is 0 Å². The molecule has 0 spiro atoms. The highest BCUT2D eigenvalue weighted by Crippen LogP contribution is 2.37. The Hall–Kier alpha value is -1.06. The molecule has 2 rings (SSSR count). The highest BCUT2D eigenvalue weighted by molar-refractivity contribution is 5.67. The second-order valence-electron chi connectivity index (χ2n) is 4.62. The van der Waals surface area contributed by atoms with Crippen LogP contribution in [0.1, 0.15) is 32.1 Å². The maximum atomic E-state index is 10.6. The van der Waals surface area contributed by atoms with Crippen molar-refractivity contribution >= 4 is 12.2 Å². The summed E-state index contributed by atoms with van der Waals surface area (Å²) in [5, 5.41) is 15.0. The Morgan fingerprint density at radius 1 is 1.60 bits per heavy atom. The van der Waals surface area contributed by atoms with Crippen LogP contribution >= 0.6 is 0 Å². The summed E-state index contributed by atoms with van der Waals surface area (Å²) in [4.78, 5) is 10.6. The number of hydrogen-bond acceptors (Lipinski definition) is 3. The van der Waals surface area contributed by atoms with E-state index in [9.17, 15) is 4.79 Å². The smallest absolute Gasteiger partial charge is 0.303 e. The number of hydrazone groups is 1. The zero-order chi connectivity index (χ0) is 10.8. The molecular weight excluding hydrogens is 192 g/mol. The van der Waals surface area contributed by atoms with Crippen LogP contribution in [0.5, 0.6) is 0 Å². The first kappa shape index (κ1) is 10.5. The predicted octanol–water partition coefficient (Wildman–Crippen LogP) is 1.57. The minimum absolute atomic E-state index is 0.293. The van der Waals surface area contributed by atoms with Crippen LogP contribution in [0.3, 0.4) is 0 Å². The van der Waals surface area contributed by atoms with E-state index in [-0.39, 0.29) is 0 Å². The van der Waals surface area contributed by atoms with Gasteiger partial charge >= 0.3 is 5.97 Å². The van der Waals surface area contributed by atoms with Gasteiger partial charge in [0.25, 0.3) is 0 Å². The molecule has 4 heteroatoms. The first-order valence-electron chi connectivity index (χ1n) is 5.67. The molecule has 3 unspecified atom stereocenters. The van der Waals surface area contributed by atoms with E-state index in [1.165, 1.54) is 12.8 Å². The second kappa shape index (κ2) is 4.21. The van der Waals surface area contributed by atoms with Gasteiger partial charge in [-0.25, -0.2) is 0 Å². The molecule has 3 atom stereocenters. The van der Waals surface area contributed by atoms with Gasteiger partial charge in [-0.3, -0.25) is 9.80 Å². The SMILES string of the molecule is CN1N=CC2CCCC(CCC(=O)O)C21. The highest BCUT2D eigenvalue weighted by atomic mass is 16.4. The molecule has 1 heterocycles. The van der Waals surface area contributed by atoms with Crippen LogP contribution in [-0.2, 0) is 4.79 Å². The molecule has 0 aromatic rings. The van der Waals surface area contributed by atoms with E-state index in [0.717, 1.165) is 12.8 Å². The van der Waals surface area contributed by atoms with Crippen molar-refractivity contribution in [1.82, 2.24) is 5.01 Å². The number of nitrogens with zero attached hydrogens (tertiary/aromatic N) is 2. The Morgan fingerprint density at radius 2 is 2.40 bits per heavy atom. The van der Waals surface area contributed by atoms with Crippen LogP contribution in [0, 0.1) is 11.8 Å². The number of hydrogen-bond donors (Lipinski definition) is 1. The molecule has 1 aliphatic carbocycles. The van der Waals surface area contributed by atoms with E-state index < -0.39 is 5.97 Å². The summed E-state index contributed by atoms with van der Waals surface area (Å²) in [7, 11) is 2.00. The first-order chi connectivity index (χ1) is 7.18. The van der Waals surface area contributed by atoms with E-state index in [2.05, 4.69) is 5.10 Å². The van der Waals surface area contributed by atoms with Crippen molar-refractivity contribution in [2.24, 2.45) is 16.9 Å². The van der Waals surface area contributed by atoms with Gasteiger partial charge in [-0.1, -0.05) is 6.42 Å². The van der Waals surface area contributed by atoms with Gasteiger partial charge in [0.15, 0.2) is 0 Å². The van der Waals surface area contributed by atoms with E-state index in [4.69, 9.17) is 5.11 Å². The number of carboxylic acid groups (broad SMARTS) is 1. The van der Waals surface area contributed by atoms with Crippen molar-refractivity contribution < 1.29 is 9.90 Å². The standard InChI is InChI=1S/C11H18N2O2/c1-13-11-8(5-6-10(14)15)3-2-4-9(11)7-12-13/h7-9,11H,2-6H2,1H3,(H,14,15). The second-order valence-corrected chi connectivity index (χ2v) is 4.62. The number of carbonyl (C=O) groups is 1. The Labute approximate surface area is 90.0 Å². The molecule has 0 amide bonds. The van der Waals surface area contributed by atoms with Gasteiger partial charge in [0.1, 0.15) is 0 Å². The van der Waals surface area contributed by atoms with Crippen molar-refractivity contribution in [2.45, 2.75) is 38.1 Å². The molecule has 1 aliphatic heterocycles. The molecule has 0 radical (unpaired) electrons. The van der Waals surface area contributed by atoms with Gasteiger partial charge < -0.3 is 5.11 Å². The summed E-state index contributed by atoms with van der Waals surface area (Å²) in [5.74, 6) is 0.383. The number of fused-ring (bicyclic) bond motifs is 1. The zero-order valence-corrected chi connectivity index (χ0v) is 9.09. The van der Waals surface area contributed by atoms with Gasteiger partial charge in [0, 0.05) is 25.6 Å². The average Bonchev–Trinajstić information content (AvgIpc) is 2.58. The fourth-order valence-electron chi connectivity index (χ4n) is 2.94. The lowest BCUT2D eigenvalue weighted by molar-refractivity contribution is -0.137. The summed E-state index contributed by atoms with van der Waals surface area (Å²) in [6.07, 6.45) is 6.71. The maximum absolute atomic E-state index is 10.6. The third kappa shape index (κ3) is 2.13. The van der Waals surface area contributed by atoms with E-state index >= 15 is 0 Å². The molecule has 0 bridgehead atoms. The van der Waals surface area contributed by atoms with Crippen LogP contribution in [-0.4, -0.2) is 35.4 Å². The van der Waals surface area contributed by atoms with E-state index in [0.29, 0.717) is 24.3 Å². The van der Waals surface area contributed by atoms with E-state index in [1.807, 2.05) is 18.3 Å². The van der Waals surface area contributed by atoms with Crippen molar-refractivity contribution in [3.05, 3.63) is 0 Å². The van der Waals surface area contributed by atoms with Gasteiger partial charge in [-0.05, 0) is 25.2 Å². The van der Waals surface area contributed by atoms with Crippen LogP contribution in [0.4, 0.5) is 0 Å². The topological polar surface area (TPSA) is 52.9 Å². The zero-order valence-electron chi connectivity index (χ0n) is 9.09. The monoisotopic (exact) mass is 210 g/mol. The molecule has 1 saturated carbocycles. The Bertz CT molecular complexity index is 278. The van der Waals surface area contributed by atoms with Crippen LogP contribution < -0.4 is 0 Å². The minimum atomic E-state index is -0.682. The average molecular weight is 210 g/mol. The van der Waals surface area contributed by atoms with Crippen LogP contribution in [0.2, 0.25) is 0 Å². The third-order valence-electron chi connectivity index (χ3n) is 3.63. The van der Waals surface area contributed by atoms with Crippen molar-refractivity contribution in [3.63, 3.8) is 0 Å². The maximum Gasteiger partial charge on any atom is 0.303 e.